The molecule has 7 nitrogen and oxygen atoms in total. The molecule has 0 aliphatic carbocycles. The van der Waals surface area contributed by atoms with E-state index in [0.29, 0.717) is 39.0 Å². The van der Waals surface area contributed by atoms with Crippen LogP contribution in [0.1, 0.15) is 20.8 Å². The number of rotatable bonds is 6. The molecule has 0 saturated heterocycles. The summed E-state index contributed by atoms with van der Waals surface area (Å²) < 4.78 is 16.0. The highest BCUT2D eigenvalue weighted by molar-refractivity contribution is 6.42. The monoisotopic (exact) mass is 476 g/mol. The summed E-state index contributed by atoms with van der Waals surface area (Å²) in [5, 5.41) is 5.70. The van der Waals surface area contributed by atoms with E-state index in [0.717, 1.165) is 0 Å². The average Bonchev–Trinajstić information content (AvgIpc) is 3.21. The molecular formula is C23H22Cl2N2O5. The number of hydrogen-bond donors (Lipinski definition) is 1. The molecule has 0 fully saturated rings. The highest BCUT2D eigenvalue weighted by Gasteiger charge is 2.29. The van der Waals surface area contributed by atoms with Gasteiger partial charge in [-0.2, -0.15) is 0 Å². The zero-order valence-corrected chi connectivity index (χ0v) is 19.5. The van der Waals surface area contributed by atoms with Crippen molar-refractivity contribution in [2.75, 3.05) is 12.4 Å². The zero-order valence-electron chi connectivity index (χ0n) is 17.9. The number of aromatic nitrogens is 1. The second-order valence-electron chi connectivity index (χ2n) is 7.86. The fraction of sp³-hybridized carbons (Fsp3) is 0.261. The smallest absolute Gasteiger partial charge is 0.334 e. The summed E-state index contributed by atoms with van der Waals surface area (Å²) >= 11 is 12.3. The first-order valence-electron chi connectivity index (χ1n) is 9.67. The Morgan fingerprint density at radius 3 is 2.53 bits per heavy atom. The molecule has 0 saturated carbocycles. The standard InChI is InChI=1S/C23H22Cl2N2O5/c1-23(2,3)31-22(29)20(25)21(28)26-14-8-5-7-13(11-14)18-12-16(27-32-18)19-15(24)9-6-10-17(19)30-4/h5-12,20H,1-4H3,(H,26,28). The first-order valence-corrected chi connectivity index (χ1v) is 10.5. The molecule has 1 N–H and O–H groups in total. The summed E-state index contributed by atoms with van der Waals surface area (Å²) in [4.78, 5) is 24.4. The molecule has 168 valence electrons. The van der Waals surface area contributed by atoms with Gasteiger partial charge in [0, 0.05) is 17.3 Å². The lowest BCUT2D eigenvalue weighted by Crippen LogP contribution is -2.36. The molecule has 2 aromatic carbocycles. The zero-order chi connectivity index (χ0) is 23.5. The van der Waals surface area contributed by atoms with Gasteiger partial charge in [0.25, 0.3) is 5.91 Å². The van der Waals surface area contributed by atoms with Crippen LogP contribution < -0.4 is 10.1 Å². The van der Waals surface area contributed by atoms with Crippen LogP contribution in [0, 0.1) is 0 Å². The van der Waals surface area contributed by atoms with Gasteiger partial charge in [0.2, 0.25) is 5.38 Å². The third-order valence-corrected chi connectivity index (χ3v) is 4.91. The number of halogens is 2. The minimum Gasteiger partial charge on any atom is -0.496 e. The molecule has 0 bridgehead atoms. The molecule has 0 radical (unpaired) electrons. The van der Waals surface area contributed by atoms with Crippen LogP contribution in [0.5, 0.6) is 5.75 Å². The maximum Gasteiger partial charge on any atom is 0.334 e. The second-order valence-corrected chi connectivity index (χ2v) is 8.70. The van der Waals surface area contributed by atoms with Crippen molar-refractivity contribution in [3.05, 3.63) is 53.6 Å². The second kappa shape index (κ2) is 9.63. The van der Waals surface area contributed by atoms with Gasteiger partial charge in [-0.3, -0.25) is 4.79 Å². The van der Waals surface area contributed by atoms with Gasteiger partial charge in [-0.1, -0.05) is 46.6 Å². The Morgan fingerprint density at radius 2 is 1.84 bits per heavy atom. The van der Waals surface area contributed by atoms with Crippen molar-refractivity contribution in [2.45, 2.75) is 31.7 Å². The normalized spacial score (nSPS) is 12.2. The van der Waals surface area contributed by atoms with Gasteiger partial charge in [-0.25, -0.2) is 4.79 Å². The van der Waals surface area contributed by atoms with Gasteiger partial charge in [-0.15, -0.1) is 0 Å². The van der Waals surface area contributed by atoms with Crippen molar-refractivity contribution in [2.24, 2.45) is 0 Å². The summed E-state index contributed by atoms with van der Waals surface area (Å²) in [6.45, 7) is 5.08. The number of hydrogen-bond acceptors (Lipinski definition) is 6. The number of methoxy groups -OCH3 is 1. The molecule has 0 aliphatic rings. The first-order chi connectivity index (χ1) is 15.1. The lowest BCUT2D eigenvalue weighted by atomic mass is 10.1. The first kappa shape index (κ1) is 23.6. The van der Waals surface area contributed by atoms with Crippen molar-refractivity contribution in [3.8, 4) is 28.3 Å². The molecule has 0 spiro atoms. The average molecular weight is 477 g/mol. The molecule has 3 rings (SSSR count). The van der Waals surface area contributed by atoms with Crippen LogP contribution in [0.25, 0.3) is 22.6 Å². The highest BCUT2D eigenvalue weighted by Crippen LogP contribution is 2.37. The summed E-state index contributed by atoms with van der Waals surface area (Å²) in [5.41, 5.74) is 1.44. The van der Waals surface area contributed by atoms with Gasteiger partial charge >= 0.3 is 5.97 Å². The minimum atomic E-state index is -1.48. The van der Waals surface area contributed by atoms with E-state index < -0.39 is 22.9 Å². The summed E-state index contributed by atoms with van der Waals surface area (Å²) in [7, 11) is 1.55. The molecule has 1 atom stereocenters. The summed E-state index contributed by atoms with van der Waals surface area (Å²) in [5.74, 6) is -0.500. The maximum atomic E-state index is 12.4. The minimum absolute atomic E-state index is 0.426. The van der Waals surface area contributed by atoms with Crippen LogP contribution in [-0.4, -0.2) is 35.1 Å². The Balaban J connectivity index is 1.79. The van der Waals surface area contributed by atoms with E-state index in [1.54, 1.807) is 76.4 Å². The van der Waals surface area contributed by atoms with E-state index in [1.807, 2.05) is 0 Å². The van der Waals surface area contributed by atoms with Gasteiger partial charge in [0.1, 0.15) is 17.0 Å². The fourth-order valence-electron chi connectivity index (χ4n) is 2.87. The van der Waals surface area contributed by atoms with E-state index in [2.05, 4.69) is 10.5 Å². The predicted molar refractivity (Wildman–Crippen MR) is 123 cm³/mol. The third-order valence-electron chi connectivity index (χ3n) is 4.22. The van der Waals surface area contributed by atoms with Crippen molar-refractivity contribution >= 4 is 40.8 Å². The molecule has 3 aromatic rings. The number of amides is 1. The van der Waals surface area contributed by atoms with Gasteiger partial charge in [0.15, 0.2) is 5.76 Å². The Morgan fingerprint density at radius 1 is 1.12 bits per heavy atom. The van der Waals surface area contributed by atoms with Crippen LogP contribution in [0.15, 0.2) is 53.1 Å². The topological polar surface area (TPSA) is 90.7 Å². The van der Waals surface area contributed by atoms with Crippen LogP contribution in [0.3, 0.4) is 0 Å². The molecular weight excluding hydrogens is 455 g/mol. The van der Waals surface area contributed by atoms with Crippen LogP contribution >= 0.6 is 23.2 Å². The van der Waals surface area contributed by atoms with Gasteiger partial charge in [-0.05, 0) is 45.0 Å². The molecule has 0 aliphatic heterocycles. The van der Waals surface area contributed by atoms with Crippen molar-refractivity contribution in [1.82, 2.24) is 5.16 Å². The van der Waals surface area contributed by atoms with Crippen LogP contribution in [0.2, 0.25) is 5.02 Å². The number of ether oxygens (including phenoxy) is 2. The third kappa shape index (κ3) is 5.60. The predicted octanol–water partition coefficient (Wildman–Crippen LogP) is 5.56. The highest BCUT2D eigenvalue weighted by atomic mass is 35.5. The Kier molecular flexibility index (Phi) is 7.11. The molecule has 1 aromatic heterocycles. The van der Waals surface area contributed by atoms with Gasteiger partial charge < -0.3 is 19.3 Å². The summed E-state index contributed by atoms with van der Waals surface area (Å²) in [6, 6.07) is 13.8. The van der Waals surface area contributed by atoms with E-state index >= 15 is 0 Å². The largest absolute Gasteiger partial charge is 0.496 e. The number of benzene rings is 2. The Hall–Kier alpha value is -3.03. The lowest BCUT2D eigenvalue weighted by molar-refractivity contribution is -0.155. The van der Waals surface area contributed by atoms with Crippen molar-refractivity contribution < 1.29 is 23.6 Å². The van der Waals surface area contributed by atoms with Crippen molar-refractivity contribution in [1.29, 1.82) is 0 Å². The number of nitrogens with one attached hydrogen (secondary N) is 1. The number of alkyl halides is 1. The Labute approximate surface area is 195 Å². The van der Waals surface area contributed by atoms with E-state index in [4.69, 9.17) is 37.2 Å². The fourth-order valence-corrected chi connectivity index (χ4v) is 3.23. The molecule has 9 heteroatoms. The van der Waals surface area contributed by atoms with Crippen molar-refractivity contribution in [3.63, 3.8) is 0 Å². The number of carbonyl (C=O) groups is 2. The number of carbonyl (C=O) groups excluding carboxylic acids is 2. The van der Waals surface area contributed by atoms with E-state index in [-0.39, 0.29) is 0 Å². The van der Waals surface area contributed by atoms with Crippen LogP contribution in [-0.2, 0) is 14.3 Å². The van der Waals surface area contributed by atoms with E-state index in [1.165, 1.54) is 0 Å². The molecule has 32 heavy (non-hydrogen) atoms. The summed E-state index contributed by atoms with van der Waals surface area (Å²) in [6.07, 6.45) is 0. The quantitative estimate of drug-likeness (QED) is 0.284. The lowest BCUT2D eigenvalue weighted by Gasteiger charge is -2.21. The molecule has 1 amide bonds. The number of anilines is 1. The van der Waals surface area contributed by atoms with Crippen LogP contribution in [0.4, 0.5) is 5.69 Å². The molecule has 1 heterocycles. The number of nitrogens with zero attached hydrogens (tertiary/aromatic N) is 1. The Bertz CT molecular complexity index is 1140. The number of esters is 1. The SMILES string of the molecule is COc1cccc(Cl)c1-c1cc(-c2cccc(NC(=O)C(Cl)C(=O)OC(C)(C)C)c2)on1. The maximum absolute atomic E-state index is 12.4. The van der Waals surface area contributed by atoms with E-state index in [9.17, 15) is 9.59 Å². The molecule has 1 unspecified atom stereocenters. The van der Waals surface area contributed by atoms with Gasteiger partial charge in [0.05, 0.1) is 17.7 Å².